The number of rotatable bonds is 10. The van der Waals surface area contributed by atoms with Gasteiger partial charge in [-0.15, -0.1) is 0 Å². The van der Waals surface area contributed by atoms with Crippen LogP contribution in [-0.2, 0) is 17.6 Å². The second-order valence-electron chi connectivity index (χ2n) is 10.0. The Morgan fingerprint density at radius 2 is 1.74 bits per heavy atom. The number of carbonyl (C=O) groups is 1. The smallest absolute Gasteiger partial charge is 0.227 e. The number of hydrogen-bond acceptors (Lipinski definition) is 4. The van der Waals surface area contributed by atoms with Crippen LogP contribution in [0.15, 0.2) is 42.5 Å². The van der Waals surface area contributed by atoms with Crippen LogP contribution in [0.25, 0.3) is 0 Å². The van der Waals surface area contributed by atoms with Crippen molar-refractivity contribution in [3.8, 4) is 5.75 Å². The maximum atomic E-state index is 12.5. The molecule has 184 valence electrons. The quantitative estimate of drug-likeness (QED) is 0.487. The number of carbonyl (C=O) groups excluding carboxylic acids is 1. The first-order valence-corrected chi connectivity index (χ1v) is 13.2. The standard InChI is InChI=1S/C29H41N3O2/c1-4-34-28-10-6-5-9-27(28)31-20-18-30(19-21-31)16-7-8-24-11-13-26-25(22-24)12-14-29(33)32(26)17-15-23(2)3/h5-6,9-11,13,22-23H,4,7-8,12,14-21H2,1-3H3. The number of piperazine rings is 1. The van der Waals surface area contributed by atoms with Crippen LogP contribution in [0.3, 0.4) is 0 Å². The van der Waals surface area contributed by atoms with E-state index in [0.29, 0.717) is 18.9 Å². The fourth-order valence-corrected chi connectivity index (χ4v) is 5.12. The van der Waals surface area contributed by atoms with Gasteiger partial charge in [-0.2, -0.15) is 0 Å². The second-order valence-corrected chi connectivity index (χ2v) is 10.0. The molecule has 34 heavy (non-hydrogen) atoms. The van der Waals surface area contributed by atoms with Crippen molar-refractivity contribution >= 4 is 17.3 Å². The molecule has 0 saturated carbocycles. The Kier molecular flexibility index (Phi) is 8.49. The van der Waals surface area contributed by atoms with E-state index in [4.69, 9.17) is 4.74 Å². The molecule has 0 aliphatic carbocycles. The van der Waals surface area contributed by atoms with E-state index in [2.05, 4.69) is 60.0 Å². The summed E-state index contributed by atoms with van der Waals surface area (Å²) >= 11 is 0. The number of ether oxygens (including phenoxy) is 1. The lowest BCUT2D eigenvalue weighted by molar-refractivity contribution is -0.118. The largest absolute Gasteiger partial charge is 0.492 e. The first kappa shape index (κ1) is 24.6. The minimum absolute atomic E-state index is 0.281. The van der Waals surface area contributed by atoms with E-state index in [-0.39, 0.29) is 5.91 Å². The van der Waals surface area contributed by atoms with E-state index in [0.717, 1.165) is 70.0 Å². The Bertz CT molecular complexity index is 950. The van der Waals surface area contributed by atoms with Gasteiger partial charge in [0.1, 0.15) is 5.75 Å². The molecule has 0 bridgehead atoms. The third kappa shape index (κ3) is 6.12. The molecular weight excluding hydrogens is 422 g/mol. The SMILES string of the molecule is CCOc1ccccc1N1CCN(CCCc2ccc3c(c2)CCC(=O)N3CCC(C)C)CC1. The van der Waals surface area contributed by atoms with Crippen molar-refractivity contribution in [3.05, 3.63) is 53.6 Å². The van der Waals surface area contributed by atoms with Crippen molar-refractivity contribution in [2.75, 3.05) is 55.7 Å². The van der Waals surface area contributed by atoms with Gasteiger partial charge < -0.3 is 14.5 Å². The average molecular weight is 464 g/mol. The van der Waals surface area contributed by atoms with Gasteiger partial charge in [-0.1, -0.05) is 38.1 Å². The summed E-state index contributed by atoms with van der Waals surface area (Å²) in [5.74, 6) is 1.89. The van der Waals surface area contributed by atoms with Crippen molar-refractivity contribution in [1.82, 2.24) is 4.90 Å². The maximum Gasteiger partial charge on any atom is 0.227 e. The van der Waals surface area contributed by atoms with E-state index in [9.17, 15) is 4.79 Å². The van der Waals surface area contributed by atoms with Crippen molar-refractivity contribution in [2.24, 2.45) is 5.92 Å². The zero-order chi connectivity index (χ0) is 23.9. The second kappa shape index (κ2) is 11.7. The van der Waals surface area contributed by atoms with E-state index in [1.165, 1.54) is 23.2 Å². The highest BCUT2D eigenvalue weighted by Gasteiger charge is 2.24. The average Bonchev–Trinajstić information content (AvgIpc) is 2.84. The predicted octanol–water partition coefficient (Wildman–Crippen LogP) is 5.17. The van der Waals surface area contributed by atoms with Gasteiger partial charge in [0.2, 0.25) is 5.91 Å². The fourth-order valence-electron chi connectivity index (χ4n) is 5.12. The fraction of sp³-hybridized carbons (Fsp3) is 0.552. The molecule has 1 amide bonds. The molecule has 0 aromatic heterocycles. The lowest BCUT2D eigenvalue weighted by Gasteiger charge is -2.36. The lowest BCUT2D eigenvalue weighted by Crippen LogP contribution is -2.46. The summed E-state index contributed by atoms with van der Waals surface area (Å²) < 4.78 is 5.83. The molecule has 2 aliphatic heterocycles. The number of nitrogens with zero attached hydrogens (tertiary/aromatic N) is 3. The van der Waals surface area contributed by atoms with Crippen LogP contribution < -0.4 is 14.5 Å². The van der Waals surface area contributed by atoms with Gasteiger partial charge in [-0.05, 0) is 74.4 Å². The summed E-state index contributed by atoms with van der Waals surface area (Å²) in [7, 11) is 0. The van der Waals surface area contributed by atoms with E-state index in [1.807, 2.05) is 17.9 Å². The molecule has 2 aliphatic rings. The van der Waals surface area contributed by atoms with E-state index >= 15 is 0 Å². The van der Waals surface area contributed by atoms with Crippen molar-refractivity contribution in [1.29, 1.82) is 0 Å². The molecule has 4 rings (SSSR count). The number of aryl methyl sites for hydroxylation is 2. The zero-order valence-corrected chi connectivity index (χ0v) is 21.3. The highest BCUT2D eigenvalue weighted by atomic mass is 16.5. The van der Waals surface area contributed by atoms with Gasteiger partial charge in [-0.25, -0.2) is 0 Å². The molecule has 0 atom stereocenters. The van der Waals surface area contributed by atoms with Crippen LogP contribution in [0.2, 0.25) is 0 Å². The molecule has 5 nitrogen and oxygen atoms in total. The summed E-state index contributed by atoms with van der Waals surface area (Å²) in [6, 6.07) is 15.2. The summed E-state index contributed by atoms with van der Waals surface area (Å²) in [6.45, 7) is 13.4. The van der Waals surface area contributed by atoms with E-state index < -0.39 is 0 Å². The molecular formula is C29H41N3O2. The number of para-hydroxylation sites is 2. The molecule has 2 heterocycles. The van der Waals surface area contributed by atoms with Gasteiger partial charge in [-0.3, -0.25) is 9.69 Å². The van der Waals surface area contributed by atoms with Crippen LogP contribution in [-0.4, -0.2) is 56.7 Å². The maximum absolute atomic E-state index is 12.5. The summed E-state index contributed by atoms with van der Waals surface area (Å²) in [5, 5.41) is 0. The Morgan fingerprint density at radius 3 is 2.50 bits per heavy atom. The molecule has 0 spiro atoms. The first-order chi connectivity index (χ1) is 16.5. The number of hydrogen-bond donors (Lipinski definition) is 0. The number of benzene rings is 2. The lowest BCUT2D eigenvalue weighted by atomic mass is 9.96. The zero-order valence-electron chi connectivity index (χ0n) is 21.3. The predicted molar refractivity (Wildman–Crippen MR) is 141 cm³/mol. The molecule has 0 N–H and O–H groups in total. The van der Waals surface area contributed by atoms with Crippen LogP contribution in [0.4, 0.5) is 11.4 Å². The number of fused-ring (bicyclic) bond motifs is 1. The molecule has 0 radical (unpaired) electrons. The third-order valence-electron chi connectivity index (χ3n) is 7.09. The van der Waals surface area contributed by atoms with E-state index in [1.54, 1.807) is 0 Å². The highest BCUT2D eigenvalue weighted by molar-refractivity contribution is 5.96. The first-order valence-electron chi connectivity index (χ1n) is 13.2. The number of amides is 1. The minimum Gasteiger partial charge on any atom is -0.492 e. The Morgan fingerprint density at radius 1 is 0.941 bits per heavy atom. The van der Waals surface area contributed by atoms with Crippen LogP contribution in [0.1, 0.15) is 51.2 Å². The van der Waals surface area contributed by atoms with Crippen molar-refractivity contribution in [2.45, 2.75) is 52.9 Å². The molecule has 2 aromatic rings. The van der Waals surface area contributed by atoms with Crippen LogP contribution in [0.5, 0.6) is 5.75 Å². The van der Waals surface area contributed by atoms with Crippen molar-refractivity contribution in [3.63, 3.8) is 0 Å². The van der Waals surface area contributed by atoms with Crippen LogP contribution in [0, 0.1) is 5.92 Å². The Hall–Kier alpha value is -2.53. The summed E-state index contributed by atoms with van der Waals surface area (Å²) in [6.07, 6.45) is 4.85. The van der Waals surface area contributed by atoms with Gasteiger partial charge in [0.15, 0.2) is 0 Å². The van der Waals surface area contributed by atoms with Gasteiger partial charge in [0.25, 0.3) is 0 Å². The summed E-state index contributed by atoms with van der Waals surface area (Å²) in [5.41, 5.74) is 5.12. The van der Waals surface area contributed by atoms with Crippen LogP contribution >= 0.6 is 0 Å². The molecule has 0 unspecified atom stereocenters. The van der Waals surface area contributed by atoms with Gasteiger partial charge >= 0.3 is 0 Å². The normalized spacial score (nSPS) is 16.8. The Balaban J connectivity index is 1.26. The minimum atomic E-state index is 0.281. The molecule has 2 aromatic carbocycles. The summed E-state index contributed by atoms with van der Waals surface area (Å²) in [4.78, 5) is 19.5. The molecule has 1 fully saturated rings. The molecule has 1 saturated heterocycles. The monoisotopic (exact) mass is 463 g/mol. The number of anilines is 2. The topological polar surface area (TPSA) is 36.0 Å². The van der Waals surface area contributed by atoms with Gasteiger partial charge in [0.05, 0.1) is 12.3 Å². The Labute approximate surface area is 205 Å². The van der Waals surface area contributed by atoms with Gasteiger partial charge in [0, 0.05) is 44.8 Å². The third-order valence-corrected chi connectivity index (χ3v) is 7.09. The highest BCUT2D eigenvalue weighted by Crippen LogP contribution is 2.30. The van der Waals surface area contributed by atoms with Crippen molar-refractivity contribution < 1.29 is 9.53 Å². The molecule has 5 heteroatoms.